The van der Waals surface area contributed by atoms with Gasteiger partial charge in [0.25, 0.3) is 0 Å². The summed E-state index contributed by atoms with van der Waals surface area (Å²) in [4.78, 5) is 28.4. The number of aryl methyl sites for hydroxylation is 1. The van der Waals surface area contributed by atoms with E-state index in [1.165, 1.54) is 0 Å². The highest BCUT2D eigenvalue weighted by Crippen LogP contribution is 2.57. The van der Waals surface area contributed by atoms with Gasteiger partial charge in [-0.3, -0.25) is 14.9 Å². The number of halogens is 1. The van der Waals surface area contributed by atoms with Crippen molar-refractivity contribution in [1.29, 1.82) is 0 Å². The van der Waals surface area contributed by atoms with Crippen molar-refractivity contribution in [3.05, 3.63) is 136 Å². The Morgan fingerprint density at radius 1 is 0.833 bits per heavy atom. The van der Waals surface area contributed by atoms with E-state index in [0.29, 0.717) is 10.6 Å². The van der Waals surface area contributed by atoms with Crippen LogP contribution in [0.4, 0.5) is 5.69 Å². The Kier molecular flexibility index (Phi) is 5.51. The fraction of sp³-hybridized carbons (Fsp3) is 0.161. The molecule has 2 aliphatic heterocycles. The number of para-hydroxylation sites is 1. The van der Waals surface area contributed by atoms with Crippen molar-refractivity contribution >= 4 is 29.0 Å². The Morgan fingerprint density at radius 2 is 1.50 bits per heavy atom. The second-order valence-corrected chi connectivity index (χ2v) is 10.0. The van der Waals surface area contributed by atoms with E-state index in [4.69, 9.17) is 11.6 Å². The minimum absolute atomic E-state index is 0.0855. The van der Waals surface area contributed by atoms with Crippen LogP contribution in [0.15, 0.2) is 103 Å². The van der Waals surface area contributed by atoms with Crippen LogP contribution in [-0.4, -0.2) is 11.7 Å². The molecule has 0 saturated carbocycles. The van der Waals surface area contributed by atoms with Crippen molar-refractivity contribution in [1.82, 2.24) is 5.32 Å². The number of hydrogen-bond donors (Lipinski definition) is 2. The van der Waals surface area contributed by atoms with Gasteiger partial charge in [-0.1, -0.05) is 84.4 Å². The first-order valence-electron chi connectivity index (χ1n) is 12.1. The van der Waals surface area contributed by atoms with E-state index in [-0.39, 0.29) is 23.7 Å². The predicted molar refractivity (Wildman–Crippen MR) is 142 cm³/mol. The van der Waals surface area contributed by atoms with E-state index in [1.807, 2.05) is 54.6 Å². The summed E-state index contributed by atoms with van der Waals surface area (Å²) >= 11 is 6.15. The van der Waals surface area contributed by atoms with Crippen LogP contribution in [0.2, 0.25) is 5.02 Å². The standard InChI is InChI=1S/C31H25ClN2O2/c1-19-9-5-6-12-23(19)26-27(29(35)21-15-17-22(32)18-16-21)31(34-28(26)20-10-3-2-4-11-20)24-13-7-8-14-25(24)33-30(31)36/h2-18,26-28,34H,1H3,(H,33,36)/t26-,27?,28+,31?/m0/s1. The molecule has 4 nitrogen and oxygen atoms in total. The number of fused-ring (bicyclic) bond motifs is 2. The molecule has 6 rings (SSSR count). The summed E-state index contributed by atoms with van der Waals surface area (Å²) in [5.41, 5.74) is 4.04. The number of amides is 1. The third kappa shape index (κ3) is 3.41. The molecule has 4 atom stereocenters. The Morgan fingerprint density at radius 3 is 2.25 bits per heavy atom. The fourth-order valence-corrected chi connectivity index (χ4v) is 6.17. The van der Waals surface area contributed by atoms with Crippen molar-refractivity contribution in [3.8, 4) is 0 Å². The monoisotopic (exact) mass is 492 g/mol. The summed E-state index contributed by atoms with van der Waals surface area (Å²) in [7, 11) is 0. The zero-order chi connectivity index (χ0) is 24.9. The lowest BCUT2D eigenvalue weighted by molar-refractivity contribution is -0.122. The van der Waals surface area contributed by atoms with Crippen molar-refractivity contribution < 1.29 is 9.59 Å². The predicted octanol–water partition coefficient (Wildman–Crippen LogP) is 6.42. The molecule has 1 amide bonds. The number of carbonyl (C=O) groups is 2. The number of rotatable bonds is 4. The molecule has 0 bridgehead atoms. The van der Waals surface area contributed by atoms with Crippen LogP contribution in [0, 0.1) is 12.8 Å². The molecule has 0 aliphatic carbocycles. The summed E-state index contributed by atoms with van der Waals surface area (Å²) in [6.45, 7) is 2.06. The topological polar surface area (TPSA) is 58.2 Å². The first kappa shape index (κ1) is 22.7. The first-order valence-corrected chi connectivity index (χ1v) is 12.5. The number of carbonyl (C=O) groups excluding carboxylic acids is 2. The zero-order valence-corrected chi connectivity index (χ0v) is 20.5. The third-order valence-corrected chi connectivity index (χ3v) is 7.90. The molecular weight excluding hydrogens is 468 g/mol. The van der Waals surface area contributed by atoms with Gasteiger partial charge in [0, 0.05) is 33.8 Å². The molecule has 1 saturated heterocycles. The zero-order valence-electron chi connectivity index (χ0n) is 19.7. The Balaban J connectivity index is 1.64. The van der Waals surface area contributed by atoms with Gasteiger partial charge in [-0.2, -0.15) is 0 Å². The largest absolute Gasteiger partial charge is 0.324 e. The number of ketones is 1. The number of Topliss-reactive ketones (excluding diaryl/α,β-unsaturated/α-hetero) is 1. The van der Waals surface area contributed by atoms with Gasteiger partial charge in [0.05, 0.1) is 5.92 Å². The van der Waals surface area contributed by atoms with E-state index in [0.717, 1.165) is 27.9 Å². The van der Waals surface area contributed by atoms with Crippen LogP contribution >= 0.6 is 11.6 Å². The molecule has 2 unspecified atom stereocenters. The Hall–Kier alpha value is -3.73. The molecule has 2 aliphatic rings. The van der Waals surface area contributed by atoms with Crippen LogP contribution in [0.1, 0.15) is 44.6 Å². The van der Waals surface area contributed by atoms with E-state index in [1.54, 1.807) is 24.3 Å². The van der Waals surface area contributed by atoms with Crippen molar-refractivity contribution in [2.75, 3.05) is 5.32 Å². The van der Waals surface area contributed by atoms with E-state index in [2.05, 4.69) is 41.8 Å². The van der Waals surface area contributed by atoms with Gasteiger partial charge in [-0.25, -0.2) is 0 Å². The summed E-state index contributed by atoms with van der Waals surface area (Å²) in [6, 6.07) is 32.6. The van der Waals surface area contributed by atoms with Gasteiger partial charge in [-0.15, -0.1) is 0 Å². The fourth-order valence-electron chi connectivity index (χ4n) is 6.04. The van der Waals surface area contributed by atoms with Crippen LogP contribution in [0.3, 0.4) is 0 Å². The molecule has 4 aromatic rings. The van der Waals surface area contributed by atoms with E-state index < -0.39 is 11.5 Å². The molecule has 0 aromatic heterocycles. The van der Waals surface area contributed by atoms with Crippen LogP contribution in [-0.2, 0) is 10.3 Å². The van der Waals surface area contributed by atoms with Gasteiger partial charge in [0.2, 0.25) is 5.91 Å². The number of hydrogen-bond acceptors (Lipinski definition) is 3. The van der Waals surface area contributed by atoms with Gasteiger partial charge >= 0.3 is 0 Å². The normalized spacial score (nSPS) is 24.5. The lowest BCUT2D eigenvalue weighted by Crippen LogP contribution is -2.50. The molecular formula is C31H25ClN2O2. The molecule has 5 heteroatoms. The third-order valence-electron chi connectivity index (χ3n) is 7.64. The van der Waals surface area contributed by atoms with Gasteiger partial charge in [0.1, 0.15) is 5.54 Å². The highest BCUT2D eigenvalue weighted by atomic mass is 35.5. The maximum atomic E-state index is 14.5. The molecule has 1 spiro atoms. The molecule has 2 heterocycles. The maximum Gasteiger partial charge on any atom is 0.250 e. The average molecular weight is 493 g/mol. The molecule has 1 fully saturated rings. The molecule has 2 N–H and O–H groups in total. The van der Waals surface area contributed by atoms with Crippen LogP contribution < -0.4 is 10.6 Å². The first-order chi connectivity index (χ1) is 17.5. The SMILES string of the molecule is Cc1ccccc1[C@H]1C(C(=O)c2ccc(Cl)cc2)C2(N[C@@H]1c1ccccc1)C(=O)Nc1ccccc12. The molecule has 36 heavy (non-hydrogen) atoms. The summed E-state index contributed by atoms with van der Waals surface area (Å²) in [6.07, 6.45) is 0. The van der Waals surface area contributed by atoms with E-state index in [9.17, 15) is 9.59 Å². The lowest BCUT2D eigenvalue weighted by Gasteiger charge is -2.31. The van der Waals surface area contributed by atoms with Crippen LogP contribution in [0.5, 0.6) is 0 Å². The lowest BCUT2D eigenvalue weighted by atomic mass is 9.68. The summed E-state index contributed by atoms with van der Waals surface area (Å²) in [5, 5.41) is 7.34. The Labute approximate surface area is 215 Å². The Bertz CT molecular complexity index is 1470. The van der Waals surface area contributed by atoms with Crippen molar-refractivity contribution in [2.45, 2.75) is 24.4 Å². The minimum Gasteiger partial charge on any atom is -0.324 e. The van der Waals surface area contributed by atoms with Gasteiger partial charge in [-0.05, 0) is 53.9 Å². The highest BCUT2D eigenvalue weighted by molar-refractivity contribution is 6.30. The minimum atomic E-state index is -1.22. The molecule has 178 valence electrons. The average Bonchev–Trinajstić information content (AvgIpc) is 3.40. The van der Waals surface area contributed by atoms with Gasteiger partial charge in [0.15, 0.2) is 5.78 Å². The number of benzene rings is 4. The second kappa shape index (κ2) is 8.74. The van der Waals surface area contributed by atoms with Crippen LogP contribution in [0.25, 0.3) is 0 Å². The maximum absolute atomic E-state index is 14.5. The summed E-state index contributed by atoms with van der Waals surface area (Å²) < 4.78 is 0. The quantitative estimate of drug-likeness (QED) is 0.323. The second-order valence-electron chi connectivity index (χ2n) is 9.57. The van der Waals surface area contributed by atoms with Crippen molar-refractivity contribution in [2.24, 2.45) is 5.92 Å². The van der Waals surface area contributed by atoms with E-state index >= 15 is 0 Å². The molecule has 0 radical (unpaired) electrons. The highest BCUT2D eigenvalue weighted by Gasteiger charge is 2.64. The summed E-state index contributed by atoms with van der Waals surface area (Å²) in [5.74, 6) is -1.26. The molecule has 4 aromatic carbocycles. The number of nitrogens with one attached hydrogen (secondary N) is 2. The van der Waals surface area contributed by atoms with Gasteiger partial charge < -0.3 is 5.32 Å². The van der Waals surface area contributed by atoms with Crippen molar-refractivity contribution in [3.63, 3.8) is 0 Å². The number of anilines is 1. The smallest absolute Gasteiger partial charge is 0.250 e.